The van der Waals surface area contributed by atoms with Crippen LogP contribution in [0.4, 0.5) is 0 Å². The molecule has 0 bridgehead atoms. The zero-order valence-corrected chi connectivity index (χ0v) is 13.6. The molecule has 0 aromatic carbocycles. The van der Waals surface area contributed by atoms with Gasteiger partial charge in [-0.1, -0.05) is 13.8 Å². The second-order valence-electron chi connectivity index (χ2n) is 9.05. The minimum Gasteiger partial charge on any atom is -0.393 e. The van der Waals surface area contributed by atoms with Crippen molar-refractivity contribution in [3.63, 3.8) is 0 Å². The highest BCUT2D eigenvalue weighted by Crippen LogP contribution is 2.65. The lowest BCUT2D eigenvalue weighted by Gasteiger charge is -2.59. The summed E-state index contributed by atoms with van der Waals surface area (Å²) in [7, 11) is 0. The lowest BCUT2D eigenvalue weighted by molar-refractivity contribution is -0.144. The molecule has 4 aliphatic carbocycles. The molecule has 4 fully saturated rings. The van der Waals surface area contributed by atoms with Crippen molar-refractivity contribution in [1.29, 1.82) is 0 Å². The van der Waals surface area contributed by atoms with Crippen LogP contribution in [0.25, 0.3) is 0 Å². The molecule has 21 heavy (non-hydrogen) atoms. The number of Topliss-reactive ketones (excluding diaryl/α,β-unsaturated/α-hetero) is 1. The lowest BCUT2D eigenvalue weighted by Crippen LogP contribution is -2.54. The fourth-order valence-corrected chi connectivity index (χ4v) is 7.11. The van der Waals surface area contributed by atoms with Gasteiger partial charge in [-0.3, -0.25) is 4.79 Å². The zero-order valence-electron chi connectivity index (χ0n) is 13.6. The molecule has 0 aromatic rings. The first-order valence-electron chi connectivity index (χ1n) is 9.15. The molecular formula is C19H30O2. The average molecular weight is 290 g/mol. The second-order valence-corrected chi connectivity index (χ2v) is 9.05. The van der Waals surface area contributed by atoms with E-state index in [1.165, 1.54) is 32.1 Å². The van der Waals surface area contributed by atoms with Gasteiger partial charge in [-0.05, 0) is 79.4 Å². The Morgan fingerprint density at radius 3 is 2.52 bits per heavy atom. The first-order chi connectivity index (χ1) is 9.95. The normalized spacial score (nSPS) is 56.5. The van der Waals surface area contributed by atoms with E-state index in [2.05, 4.69) is 13.8 Å². The molecule has 4 saturated carbocycles. The smallest absolute Gasteiger partial charge is 0.133 e. The second kappa shape index (κ2) is 4.57. The predicted molar refractivity (Wildman–Crippen MR) is 82.7 cm³/mol. The van der Waals surface area contributed by atoms with E-state index >= 15 is 0 Å². The molecule has 0 heterocycles. The Morgan fingerprint density at radius 2 is 1.71 bits per heavy atom. The maximum atomic E-state index is 12.1. The third-order valence-electron chi connectivity index (χ3n) is 8.36. The van der Waals surface area contributed by atoms with E-state index in [0.29, 0.717) is 11.7 Å². The number of carbonyl (C=O) groups excluding carboxylic acids is 1. The van der Waals surface area contributed by atoms with Gasteiger partial charge in [-0.15, -0.1) is 0 Å². The summed E-state index contributed by atoms with van der Waals surface area (Å²) >= 11 is 0. The zero-order chi connectivity index (χ0) is 14.8. The highest BCUT2D eigenvalue weighted by molar-refractivity contribution is 5.80. The number of carbonyl (C=O) groups is 1. The average Bonchev–Trinajstić information content (AvgIpc) is 2.74. The van der Waals surface area contributed by atoms with Crippen LogP contribution < -0.4 is 0 Å². The SMILES string of the molecule is C[C@]12CC(=O)CC[C@@H]1CC[C@H]1[C@H]2CC[C@]2(C)[C@H](O)CC[C@@H]12. The van der Waals surface area contributed by atoms with Gasteiger partial charge >= 0.3 is 0 Å². The van der Waals surface area contributed by atoms with E-state index < -0.39 is 0 Å². The molecule has 0 spiro atoms. The van der Waals surface area contributed by atoms with Gasteiger partial charge < -0.3 is 5.11 Å². The minimum absolute atomic E-state index is 0.0815. The van der Waals surface area contributed by atoms with Gasteiger partial charge in [0.1, 0.15) is 5.78 Å². The molecular weight excluding hydrogens is 260 g/mol. The lowest BCUT2D eigenvalue weighted by atomic mass is 9.45. The number of hydrogen-bond donors (Lipinski definition) is 1. The fraction of sp³-hybridized carbons (Fsp3) is 0.947. The quantitative estimate of drug-likeness (QED) is 0.733. The van der Waals surface area contributed by atoms with Crippen LogP contribution in [0.2, 0.25) is 0 Å². The molecule has 4 rings (SSSR count). The molecule has 118 valence electrons. The van der Waals surface area contributed by atoms with Crippen molar-refractivity contribution in [2.45, 2.75) is 77.7 Å². The summed E-state index contributed by atoms with van der Waals surface area (Å²) < 4.78 is 0. The van der Waals surface area contributed by atoms with Crippen molar-refractivity contribution < 1.29 is 9.90 Å². The summed E-state index contributed by atoms with van der Waals surface area (Å²) in [6, 6.07) is 0. The molecule has 0 saturated heterocycles. The summed E-state index contributed by atoms with van der Waals surface area (Å²) in [4.78, 5) is 12.1. The Balaban J connectivity index is 1.66. The molecule has 2 nitrogen and oxygen atoms in total. The third kappa shape index (κ3) is 1.84. The van der Waals surface area contributed by atoms with Gasteiger partial charge in [0.25, 0.3) is 0 Å². The summed E-state index contributed by atoms with van der Waals surface area (Å²) in [5.74, 6) is 3.51. The van der Waals surface area contributed by atoms with Crippen LogP contribution >= 0.6 is 0 Å². The minimum atomic E-state index is -0.0815. The van der Waals surface area contributed by atoms with E-state index in [1.54, 1.807) is 0 Å². The number of aliphatic hydroxyl groups excluding tert-OH is 1. The van der Waals surface area contributed by atoms with Gasteiger partial charge in [0, 0.05) is 12.8 Å². The van der Waals surface area contributed by atoms with Crippen LogP contribution in [-0.4, -0.2) is 17.0 Å². The number of rotatable bonds is 0. The Labute approximate surface area is 128 Å². The van der Waals surface area contributed by atoms with Crippen molar-refractivity contribution in [2.24, 2.45) is 34.5 Å². The summed E-state index contributed by atoms with van der Waals surface area (Å²) in [5, 5.41) is 10.5. The summed E-state index contributed by atoms with van der Waals surface area (Å²) in [5.41, 5.74) is 0.441. The van der Waals surface area contributed by atoms with E-state index in [0.717, 1.165) is 43.4 Å². The molecule has 0 aromatic heterocycles. The van der Waals surface area contributed by atoms with Crippen LogP contribution in [0.3, 0.4) is 0 Å². The highest BCUT2D eigenvalue weighted by Gasteiger charge is 2.60. The first kappa shape index (κ1) is 14.2. The topological polar surface area (TPSA) is 37.3 Å². The van der Waals surface area contributed by atoms with Crippen molar-refractivity contribution in [1.82, 2.24) is 0 Å². The maximum Gasteiger partial charge on any atom is 0.133 e. The molecule has 0 unspecified atom stereocenters. The largest absolute Gasteiger partial charge is 0.393 e. The van der Waals surface area contributed by atoms with Crippen LogP contribution in [0.5, 0.6) is 0 Å². The first-order valence-corrected chi connectivity index (χ1v) is 9.15. The Kier molecular flexibility index (Phi) is 3.10. The van der Waals surface area contributed by atoms with Crippen LogP contribution in [0, 0.1) is 34.5 Å². The molecule has 4 aliphatic rings. The monoisotopic (exact) mass is 290 g/mol. The summed E-state index contributed by atoms with van der Waals surface area (Å²) in [6.45, 7) is 4.77. The molecule has 0 amide bonds. The van der Waals surface area contributed by atoms with Gasteiger partial charge in [-0.25, -0.2) is 0 Å². The number of fused-ring (bicyclic) bond motifs is 5. The van der Waals surface area contributed by atoms with E-state index in [-0.39, 0.29) is 16.9 Å². The van der Waals surface area contributed by atoms with Crippen LogP contribution in [-0.2, 0) is 4.79 Å². The molecule has 2 heteroatoms. The number of ketones is 1. The summed E-state index contributed by atoms with van der Waals surface area (Å²) in [6.07, 6.45) is 10.1. The van der Waals surface area contributed by atoms with Gasteiger partial charge in [-0.2, -0.15) is 0 Å². The standard InChI is InChI=1S/C19H30O2/c1-18-10-9-16-14(15(18)7-8-17(18)21)6-4-12-3-5-13(20)11-19(12,16)2/h12,14-17,21H,3-11H2,1-2H3/t12-,14-,15+,16-,17-,18+,19+/m1/s1. The van der Waals surface area contributed by atoms with Gasteiger partial charge in [0.05, 0.1) is 6.10 Å². The van der Waals surface area contributed by atoms with E-state index in [9.17, 15) is 9.90 Å². The molecule has 0 aliphatic heterocycles. The molecule has 7 atom stereocenters. The van der Waals surface area contributed by atoms with Crippen molar-refractivity contribution in [3.05, 3.63) is 0 Å². The fourth-order valence-electron chi connectivity index (χ4n) is 7.11. The van der Waals surface area contributed by atoms with Crippen LogP contribution in [0.15, 0.2) is 0 Å². The highest BCUT2D eigenvalue weighted by atomic mass is 16.3. The molecule has 0 radical (unpaired) electrons. The van der Waals surface area contributed by atoms with E-state index in [1.807, 2.05) is 0 Å². The van der Waals surface area contributed by atoms with Crippen molar-refractivity contribution in [3.8, 4) is 0 Å². The molecule has 1 N–H and O–H groups in total. The Hall–Kier alpha value is -0.370. The Morgan fingerprint density at radius 1 is 0.952 bits per heavy atom. The third-order valence-corrected chi connectivity index (χ3v) is 8.36. The van der Waals surface area contributed by atoms with E-state index in [4.69, 9.17) is 0 Å². The van der Waals surface area contributed by atoms with Crippen molar-refractivity contribution >= 4 is 5.78 Å². The predicted octanol–water partition coefficient (Wildman–Crippen LogP) is 3.96. The van der Waals surface area contributed by atoms with Gasteiger partial charge in [0.2, 0.25) is 0 Å². The van der Waals surface area contributed by atoms with Gasteiger partial charge in [0.15, 0.2) is 0 Å². The maximum absolute atomic E-state index is 12.1. The number of hydrogen-bond acceptors (Lipinski definition) is 2. The van der Waals surface area contributed by atoms with Crippen LogP contribution in [0.1, 0.15) is 71.6 Å². The number of aliphatic hydroxyl groups is 1. The van der Waals surface area contributed by atoms with Crippen molar-refractivity contribution in [2.75, 3.05) is 0 Å². The Bertz CT molecular complexity index is 458.